The van der Waals surface area contributed by atoms with E-state index in [0.717, 1.165) is 50.7 Å². The molecule has 2 aliphatic rings. The molecule has 4 heteroatoms. The Morgan fingerprint density at radius 3 is 1.56 bits per heavy atom. The van der Waals surface area contributed by atoms with Gasteiger partial charge in [-0.2, -0.15) is 0 Å². The third-order valence-corrected chi connectivity index (χ3v) is 6.97. The summed E-state index contributed by atoms with van der Waals surface area (Å²) in [5.41, 5.74) is 5.73. The Hall–Kier alpha value is -4.57. The van der Waals surface area contributed by atoms with Crippen LogP contribution >= 0.6 is 0 Å². The molecule has 1 aliphatic carbocycles. The molecule has 7 rings (SSSR count). The number of para-hydroxylation sites is 1. The van der Waals surface area contributed by atoms with Crippen LogP contribution in [0.3, 0.4) is 0 Å². The zero-order valence-electron chi connectivity index (χ0n) is 18.2. The van der Waals surface area contributed by atoms with Gasteiger partial charge < -0.3 is 0 Å². The highest BCUT2D eigenvalue weighted by molar-refractivity contribution is 6.14. The molecule has 0 N–H and O–H groups in total. The summed E-state index contributed by atoms with van der Waals surface area (Å²) in [4.78, 5) is 25.5. The third-order valence-electron chi connectivity index (χ3n) is 6.97. The van der Waals surface area contributed by atoms with Gasteiger partial charge in [0.05, 0.1) is 5.41 Å². The monoisotopic (exact) mass is 437 g/mol. The Balaban J connectivity index is 1.69. The van der Waals surface area contributed by atoms with Crippen LogP contribution in [0.15, 0.2) is 116 Å². The lowest BCUT2D eigenvalue weighted by molar-refractivity contribution is 0.103. The van der Waals surface area contributed by atoms with E-state index in [1.54, 1.807) is 0 Å². The van der Waals surface area contributed by atoms with Crippen LogP contribution in [0.1, 0.15) is 38.2 Å². The molecule has 34 heavy (non-hydrogen) atoms. The average molecular weight is 438 g/mol. The van der Waals surface area contributed by atoms with Crippen molar-refractivity contribution < 1.29 is 4.79 Å². The molecule has 0 amide bonds. The molecule has 0 fully saturated rings. The van der Waals surface area contributed by atoms with Gasteiger partial charge in [0, 0.05) is 40.3 Å². The van der Waals surface area contributed by atoms with Crippen molar-refractivity contribution in [3.63, 3.8) is 0 Å². The maximum atomic E-state index is 13.6. The number of benzene rings is 3. The van der Waals surface area contributed by atoms with Crippen molar-refractivity contribution in [2.45, 2.75) is 5.41 Å². The zero-order valence-corrected chi connectivity index (χ0v) is 18.2. The lowest BCUT2D eigenvalue weighted by atomic mass is 9.58. The van der Waals surface area contributed by atoms with E-state index in [0.29, 0.717) is 0 Å². The molecule has 0 unspecified atom stereocenters. The van der Waals surface area contributed by atoms with Gasteiger partial charge >= 0.3 is 0 Å². The van der Waals surface area contributed by atoms with E-state index in [4.69, 9.17) is 9.97 Å². The fourth-order valence-electron chi connectivity index (χ4n) is 5.69. The number of carbonyl (C=O) groups excluding carboxylic acids is 1. The first-order valence-electron chi connectivity index (χ1n) is 11.3. The van der Waals surface area contributed by atoms with Crippen molar-refractivity contribution in [3.05, 3.63) is 149 Å². The maximum absolute atomic E-state index is 13.6. The first-order valence-corrected chi connectivity index (χ1v) is 11.3. The number of rotatable bonds is 1. The number of pyridine rings is 2. The molecule has 3 aromatic carbocycles. The Labute approximate surface area is 197 Å². The molecule has 0 radical (unpaired) electrons. The molecule has 3 heterocycles. The third kappa shape index (κ3) is 2.29. The minimum Gasteiger partial charge on any atom is -0.289 e. The van der Waals surface area contributed by atoms with Gasteiger partial charge in [0.1, 0.15) is 11.6 Å². The summed E-state index contributed by atoms with van der Waals surface area (Å²) in [5, 5.41) is 0. The van der Waals surface area contributed by atoms with Crippen molar-refractivity contribution in [1.29, 1.82) is 0 Å². The van der Waals surface area contributed by atoms with E-state index >= 15 is 0 Å². The molecule has 2 aromatic heterocycles. The van der Waals surface area contributed by atoms with E-state index in [9.17, 15) is 4.79 Å². The minimum atomic E-state index is -0.709. The van der Waals surface area contributed by atoms with Crippen molar-refractivity contribution in [2.24, 2.45) is 0 Å². The Kier molecular flexibility index (Phi) is 3.88. The number of nitrogens with zero attached hydrogens (tertiary/aromatic N) is 3. The van der Waals surface area contributed by atoms with Gasteiger partial charge in [0.25, 0.3) is 0 Å². The van der Waals surface area contributed by atoms with Crippen LogP contribution in [-0.2, 0) is 5.41 Å². The van der Waals surface area contributed by atoms with E-state index in [-0.39, 0.29) is 5.78 Å². The highest BCUT2D eigenvalue weighted by Gasteiger charge is 2.52. The van der Waals surface area contributed by atoms with Gasteiger partial charge in [-0.1, -0.05) is 78.9 Å². The highest BCUT2D eigenvalue weighted by atomic mass is 16.1. The predicted molar refractivity (Wildman–Crippen MR) is 132 cm³/mol. The van der Waals surface area contributed by atoms with E-state index in [1.807, 2.05) is 79.1 Å². The van der Waals surface area contributed by atoms with E-state index in [1.165, 1.54) is 0 Å². The number of carbonyl (C=O) groups is 1. The Morgan fingerprint density at radius 1 is 0.529 bits per heavy atom. The summed E-state index contributed by atoms with van der Waals surface area (Å²) in [6, 6.07) is 34.3. The molecule has 0 bridgehead atoms. The minimum absolute atomic E-state index is 0.0539. The number of hydrogen-bond acceptors (Lipinski definition) is 4. The largest absolute Gasteiger partial charge is 0.289 e. The quantitative estimate of drug-likeness (QED) is 0.307. The van der Waals surface area contributed by atoms with Crippen molar-refractivity contribution in [2.75, 3.05) is 4.90 Å². The molecule has 1 spiro atoms. The van der Waals surface area contributed by atoms with Crippen molar-refractivity contribution >= 4 is 23.1 Å². The van der Waals surface area contributed by atoms with Gasteiger partial charge in [-0.25, -0.2) is 9.97 Å². The van der Waals surface area contributed by atoms with Crippen LogP contribution < -0.4 is 4.90 Å². The summed E-state index contributed by atoms with van der Waals surface area (Å²) >= 11 is 0. The second-order valence-electron chi connectivity index (χ2n) is 8.59. The maximum Gasteiger partial charge on any atom is 0.193 e. The highest BCUT2D eigenvalue weighted by Crippen LogP contribution is 2.58. The fourth-order valence-corrected chi connectivity index (χ4v) is 5.69. The first kappa shape index (κ1) is 18.9. The molecule has 0 saturated heterocycles. The van der Waals surface area contributed by atoms with Crippen molar-refractivity contribution in [3.8, 4) is 0 Å². The molecule has 0 saturated carbocycles. The van der Waals surface area contributed by atoms with Crippen LogP contribution in [0.25, 0.3) is 0 Å². The zero-order chi connectivity index (χ0) is 22.7. The summed E-state index contributed by atoms with van der Waals surface area (Å²) in [6.07, 6.45) is 3.64. The van der Waals surface area contributed by atoms with Gasteiger partial charge in [-0.05, 0) is 35.4 Å². The SMILES string of the molecule is O=C1c2ccccc2C2(c3ccccc31)c1cccnc1N(c1ccccc1)c1ncccc12. The summed E-state index contributed by atoms with van der Waals surface area (Å²) in [5.74, 6) is 1.69. The van der Waals surface area contributed by atoms with Gasteiger partial charge in [0.2, 0.25) is 0 Å². The average Bonchev–Trinajstić information content (AvgIpc) is 2.91. The molecule has 4 nitrogen and oxygen atoms in total. The first-order chi connectivity index (χ1) is 16.8. The molecule has 1 aliphatic heterocycles. The predicted octanol–water partition coefficient (Wildman–Crippen LogP) is 6.19. The van der Waals surface area contributed by atoms with Gasteiger partial charge in [0.15, 0.2) is 5.78 Å². The Bertz CT molecular complexity index is 1490. The second-order valence-corrected chi connectivity index (χ2v) is 8.59. The van der Waals surface area contributed by atoms with Crippen molar-refractivity contribution in [1.82, 2.24) is 9.97 Å². The normalized spacial score (nSPS) is 14.7. The molecule has 0 atom stereocenters. The number of aromatic nitrogens is 2. The van der Waals surface area contributed by atoms with E-state index in [2.05, 4.69) is 41.3 Å². The van der Waals surface area contributed by atoms with Gasteiger partial charge in [-0.3, -0.25) is 9.69 Å². The molecule has 5 aromatic rings. The van der Waals surface area contributed by atoms with Crippen LogP contribution in [0.4, 0.5) is 17.3 Å². The van der Waals surface area contributed by atoms with Crippen LogP contribution in [-0.4, -0.2) is 15.8 Å². The lowest BCUT2D eigenvalue weighted by Crippen LogP contribution is -2.43. The molecular weight excluding hydrogens is 418 g/mol. The summed E-state index contributed by atoms with van der Waals surface area (Å²) in [6.45, 7) is 0. The Morgan fingerprint density at radius 2 is 1.00 bits per heavy atom. The summed E-state index contributed by atoms with van der Waals surface area (Å²) < 4.78 is 0. The molecule has 160 valence electrons. The smallest absolute Gasteiger partial charge is 0.193 e. The fraction of sp³-hybridized carbons (Fsp3) is 0.0333. The van der Waals surface area contributed by atoms with Crippen LogP contribution in [0.5, 0.6) is 0 Å². The summed E-state index contributed by atoms with van der Waals surface area (Å²) in [7, 11) is 0. The number of anilines is 3. The molecular formula is C30H19N3O. The standard InChI is InChI=1S/C30H19N3O/c34-27-21-12-4-6-14-23(21)30(24-15-7-5-13-22(24)27)25-16-8-18-31-28(25)33(20-10-2-1-3-11-20)29-26(30)17-9-19-32-29/h1-19H. The van der Waals surface area contributed by atoms with Crippen LogP contribution in [0, 0.1) is 0 Å². The number of ketones is 1. The second kappa shape index (κ2) is 6.96. The van der Waals surface area contributed by atoms with Gasteiger partial charge in [-0.15, -0.1) is 0 Å². The van der Waals surface area contributed by atoms with E-state index < -0.39 is 5.41 Å². The number of fused-ring (bicyclic) bond motifs is 8. The lowest BCUT2D eigenvalue weighted by Gasteiger charge is -2.47. The van der Waals surface area contributed by atoms with Crippen LogP contribution in [0.2, 0.25) is 0 Å². The topological polar surface area (TPSA) is 46.1 Å². The number of hydrogen-bond donors (Lipinski definition) is 0.